The molecule has 0 bridgehead atoms. The quantitative estimate of drug-likeness (QED) is 0.769. The van der Waals surface area contributed by atoms with Gasteiger partial charge in [0.25, 0.3) is 0 Å². The average molecular weight is 253 g/mol. The van der Waals surface area contributed by atoms with Crippen molar-refractivity contribution < 1.29 is 18.7 Å². The molecule has 1 aromatic heterocycles. The van der Waals surface area contributed by atoms with Crippen LogP contribution in [0.1, 0.15) is 35.7 Å². The largest absolute Gasteiger partial charge is 0.463 e. The van der Waals surface area contributed by atoms with E-state index in [1.54, 1.807) is 6.07 Å². The van der Waals surface area contributed by atoms with E-state index in [0.29, 0.717) is 0 Å². The van der Waals surface area contributed by atoms with Crippen molar-refractivity contribution >= 4 is 5.97 Å². The zero-order valence-corrected chi connectivity index (χ0v) is 10.8. The summed E-state index contributed by atoms with van der Waals surface area (Å²) in [5, 5.41) is 0. The summed E-state index contributed by atoms with van der Waals surface area (Å²) in [4.78, 5) is 13.6. The number of methoxy groups -OCH3 is 1. The van der Waals surface area contributed by atoms with Gasteiger partial charge in [-0.05, 0) is 25.5 Å². The molecule has 0 saturated carbocycles. The molecule has 2 rings (SSSR count). The van der Waals surface area contributed by atoms with Gasteiger partial charge in [-0.25, -0.2) is 4.79 Å². The maximum atomic E-state index is 11.3. The Morgan fingerprint density at radius 1 is 1.39 bits per heavy atom. The van der Waals surface area contributed by atoms with Crippen molar-refractivity contribution in [2.24, 2.45) is 0 Å². The Hall–Kier alpha value is -1.33. The molecule has 0 aromatic carbocycles. The lowest BCUT2D eigenvalue weighted by atomic mass is 10.2. The van der Waals surface area contributed by atoms with E-state index in [0.717, 1.165) is 38.5 Å². The number of ether oxygens (including phenoxy) is 2. The Morgan fingerprint density at radius 2 is 2.22 bits per heavy atom. The second-order valence-electron chi connectivity index (χ2n) is 4.37. The summed E-state index contributed by atoms with van der Waals surface area (Å²) in [6.07, 6.45) is 1.02. The molecule has 2 heterocycles. The maximum Gasteiger partial charge on any atom is 0.373 e. The normalized spacial score (nSPS) is 19.2. The topological polar surface area (TPSA) is 51.9 Å². The number of nitrogens with zero attached hydrogens (tertiary/aromatic N) is 1. The van der Waals surface area contributed by atoms with Gasteiger partial charge in [0.05, 0.1) is 19.8 Å². The van der Waals surface area contributed by atoms with Gasteiger partial charge in [-0.1, -0.05) is 0 Å². The van der Waals surface area contributed by atoms with Crippen LogP contribution in [0.4, 0.5) is 0 Å². The minimum atomic E-state index is -0.437. The molecule has 1 aromatic rings. The Balaban J connectivity index is 2.05. The predicted octanol–water partition coefficient (Wildman–Crippen LogP) is 1.85. The van der Waals surface area contributed by atoms with Gasteiger partial charge in [-0.2, -0.15) is 0 Å². The highest BCUT2D eigenvalue weighted by molar-refractivity contribution is 5.86. The zero-order valence-electron chi connectivity index (χ0n) is 10.8. The molecule has 5 nitrogen and oxygen atoms in total. The molecule has 1 unspecified atom stereocenters. The monoisotopic (exact) mass is 253 g/mol. The van der Waals surface area contributed by atoms with E-state index in [1.807, 2.05) is 6.07 Å². The lowest BCUT2D eigenvalue weighted by molar-refractivity contribution is 0.0558. The van der Waals surface area contributed by atoms with Gasteiger partial charge in [-0.3, -0.25) is 4.90 Å². The van der Waals surface area contributed by atoms with Crippen molar-refractivity contribution in [1.82, 2.24) is 4.90 Å². The minimum absolute atomic E-state index is 0.144. The molecule has 0 amide bonds. The van der Waals surface area contributed by atoms with Gasteiger partial charge < -0.3 is 13.9 Å². The summed E-state index contributed by atoms with van der Waals surface area (Å²) in [7, 11) is 1.35. The maximum absolute atomic E-state index is 11.3. The van der Waals surface area contributed by atoms with Crippen molar-refractivity contribution in [1.29, 1.82) is 0 Å². The lowest BCUT2D eigenvalue weighted by Crippen LogP contribution is -2.29. The third-order valence-electron chi connectivity index (χ3n) is 3.23. The van der Waals surface area contributed by atoms with Crippen molar-refractivity contribution in [3.63, 3.8) is 0 Å². The molecule has 1 saturated heterocycles. The summed E-state index contributed by atoms with van der Waals surface area (Å²) < 4.78 is 15.6. The zero-order chi connectivity index (χ0) is 13.0. The summed E-state index contributed by atoms with van der Waals surface area (Å²) in [6, 6.07) is 3.64. The van der Waals surface area contributed by atoms with Gasteiger partial charge in [0.15, 0.2) is 0 Å². The summed E-state index contributed by atoms with van der Waals surface area (Å²) in [5.41, 5.74) is 0. The fourth-order valence-corrected chi connectivity index (χ4v) is 2.12. The van der Waals surface area contributed by atoms with Gasteiger partial charge in [0, 0.05) is 19.7 Å². The Kier molecular flexibility index (Phi) is 4.38. The van der Waals surface area contributed by atoms with E-state index in [2.05, 4.69) is 16.6 Å². The van der Waals surface area contributed by atoms with Gasteiger partial charge >= 0.3 is 5.97 Å². The number of hydrogen-bond donors (Lipinski definition) is 0. The van der Waals surface area contributed by atoms with E-state index >= 15 is 0 Å². The third kappa shape index (κ3) is 2.91. The highest BCUT2D eigenvalue weighted by Crippen LogP contribution is 2.23. The molecule has 0 aliphatic carbocycles. The van der Waals surface area contributed by atoms with Crippen LogP contribution in [0.3, 0.4) is 0 Å². The third-order valence-corrected chi connectivity index (χ3v) is 3.23. The van der Waals surface area contributed by atoms with Crippen LogP contribution in [-0.4, -0.2) is 44.3 Å². The average Bonchev–Trinajstić information content (AvgIpc) is 2.72. The van der Waals surface area contributed by atoms with Crippen LogP contribution in [0.2, 0.25) is 0 Å². The van der Waals surface area contributed by atoms with Crippen LogP contribution in [0.5, 0.6) is 0 Å². The minimum Gasteiger partial charge on any atom is -0.463 e. The highest BCUT2D eigenvalue weighted by atomic mass is 16.5. The Bertz CT molecular complexity index is 393. The molecule has 5 heteroatoms. The Morgan fingerprint density at radius 3 is 3.00 bits per heavy atom. The van der Waals surface area contributed by atoms with E-state index in [4.69, 9.17) is 9.15 Å². The molecular weight excluding hydrogens is 234 g/mol. The molecule has 1 fully saturated rings. The van der Waals surface area contributed by atoms with Crippen LogP contribution in [0.15, 0.2) is 16.5 Å². The molecule has 1 aliphatic rings. The van der Waals surface area contributed by atoms with Gasteiger partial charge in [-0.15, -0.1) is 0 Å². The molecule has 100 valence electrons. The van der Waals surface area contributed by atoms with Gasteiger partial charge in [0.1, 0.15) is 5.76 Å². The van der Waals surface area contributed by atoms with E-state index in [1.165, 1.54) is 7.11 Å². The first-order chi connectivity index (χ1) is 8.72. The number of carbonyl (C=O) groups excluding carboxylic acids is 1. The van der Waals surface area contributed by atoms with E-state index in [-0.39, 0.29) is 11.8 Å². The molecule has 1 aliphatic heterocycles. The molecular formula is C13H19NO4. The van der Waals surface area contributed by atoms with Gasteiger partial charge in [0.2, 0.25) is 5.76 Å². The van der Waals surface area contributed by atoms with Crippen molar-refractivity contribution in [3.05, 3.63) is 23.7 Å². The van der Waals surface area contributed by atoms with Crippen LogP contribution < -0.4 is 0 Å². The number of carbonyl (C=O) groups is 1. The summed E-state index contributed by atoms with van der Waals surface area (Å²) in [5.74, 6) is 0.607. The fraction of sp³-hybridized carbons (Fsp3) is 0.615. The molecule has 18 heavy (non-hydrogen) atoms. The second kappa shape index (κ2) is 6.02. The first kappa shape index (κ1) is 13.1. The van der Waals surface area contributed by atoms with E-state index < -0.39 is 5.97 Å². The van der Waals surface area contributed by atoms with Crippen LogP contribution in [-0.2, 0) is 9.47 Å². The van der Waals surface area contributed by atoms with Crippen molar-refractivity contribution in [3.8, 4) is 0 Å². The second-order valence-corrected chi connectivity index (χ2v) is 4.37. The molecule has 1 atom stereocenters. The smallest absolute Gasteiger partial charge is 0.373 e. The van der Waals surface area contributed by atoms with Crippen LogP contribution in [0, 0.1) is 0 Å². The number of furan rings is 1. The Labute approximate surface area is 107 Å². The fourth-order valence-electron chi connectivity index (χ4n) is 2.12. The first-order valence-corrected chi connectivity index (χ1v) is 6.22. The highest BCUT2D eigenvalue weighted by Gasteiger charge is 2.21. The number of esters is 1. The number of rotatable bonds is 3. The summed E-state index contributed by atoms with van der Waals surface area (Å²) >= 11 is 0. The first-order valence-electron chi connectivity index (χ1n) is 6.22. The standard InChI is InChI=1S/C13H19NO4/c1-10(14-6-3-8-17-9-7-14)11-4-5-12(18-11)13(15)16-2/h4-5,10H,3,6-9H2,1-2H3. The lowest BCUT2D eigenvalue weighted by Gasteiger charge is -2.25. The van der Waals surface area contributed by atoms with E-state index in [9.17, 15) is 4.79 Å². The molecule has 0 spiro atoms. The molecule has 0 radical (unpaired) electrons. The summed E-state index contributed by atoms with van der Waals surface area (Å²) in [6.45, 7) is 5.50. The number of hydrogen-bond acceptors (Lipinski definition) is 5. The molecule has 0 N–H and O–H groups in total. The van der Waals surface area contributed by atoms with Crippen molar-refractivity contribution in [2.75, 3.05) is 33.4 Å². The predicted molar refractivity (Wildman–Crippen MR) is 65.5 cm³/mol. The van der Waals surface area contributed by atoms with Crippen LogP contribution >= 0.6 is 0 Å². The van der Waals surface area contributed by atoms with Crippen LogP contribution in [0.25, 0.3) is 0 Å². The van der Waals surface area contributed by atoms with Crippen molar-refractivity contribution in [2.45, 2.75) is 19.4 Å². The SMILES string of the molecule is COC(=O)c1ccc(C(C)N2CCCOCC2)o1.